The van der Waals surface area contributed by atoms with Gasteiger partial charge in [-0.05, 0) is 0 Å². The summed E-state index contributed by atoms with van der Waals surface area (Å²) in [6, 6.07) is 0. The van der Waals surface area contributed by atoms with Crippen LogP contribution in [0.15, 0.2) is 0 Å². The Labute approximate surface area is 113 Å². The zero-order chi connectivity index (χ0) is 16.1. The molecule has 4 atom stereocenters. The van der Waals surface area contributed by atoms with Crippen molar-refractivity contribution in [2.75, 3.05) is 6.61 Å². The van der Waals surface area contributed by atoms with Gasteiger partial charge in [0, 0.05) is 0 Å². The maximum absolute atomic E-state index is 10.8. The van der Waals surface area contributed by atoms with Gasteiger partial charge in [0.15, 0.2) is 6.29 Å². The molecule has 0 fully saturated rings. The minimum Gasteiger partial charge on any atom is -0.388 e. The van der Waals surface area contributed by atoms with Gasteiger partial charge in [-0.15, -0.1) is 3.63 Å². The van der Waals surface area contributed by atoms with Crippen molar-refractivity contribution in [3.63, 3.8) is 0 Å². The summed E-state index contributed by atoms with van der Waals surface area (Å²) in [5.74, 6) is 0. The fourth-order valence-electron chi connectivity index (χ4n) is 0.887. The number of hydrogen-bond acceptors (Lipinski definition) is 11. The van der Waals surface area contributed by atoms with Crippen LogP contribution < -0.4 is 0 Å². The zero-order valence-corrected chi connectivity index (χ0v) is 11.1. The molecule has 0 spiro atoms. The maximum Gasteiger partial charge on any atom is 0.416 e. The van der Waals surface area contributed by atoms with Crippen molar-refractivity contribution in [3.8, 4) is 0 Å². The number of aldehydes is 1. The van der Waals surface area contributed by atoms with Gasteiger partial charge in [0.1, 0.15) is 24.4 Å². The van der Waals surface area contributed by atoms with E-state index in [9.17, 15) is 31.8 Å². The highest BCUT2D eigenvalue weighted by atomic mass is 32.3. The van der Waals surface area contributed by atoms with E-state index in [-0.39, 0.29) is 6.29 Å². The van der Waals surface area contributed by atoms with Crippen molar-refractivity contribution >= 4 is 27.1 Å². The molecule has 5 N–H and O–H groups in total. The molecule has 0 bridgehead atoms. The summed E-state index contributed by atoms with van der Waals surface area (Å²) < 4.78 is 56.8. The number of hydrogen-bond donors (Lipinski definition) is 5. The highest BCUT2D eigenvalue weighted by molar-refractivity contribution is 7.94. The predicted octanol–water partition coefficient (Wildman–Crippen LogP) is -4.29. The number of aliphatic hydroxyl groups is 4. The Kier molecular flexibility index (Phi) is 7.08. The lowest BCUT2D eigenvalue weighted by atomic mass is 10.0. The molecule has 0 aromatic heterocycles. The van der Waals surface area contributed by atoms with E-state index in [1.54, 1.807) is 0 Å². The number of carbonyl (C=O) groups is 1. The van der Waals surface area contributed by atoms with Crippen LogP contribution >= 0.6 is 0 Å². The van der Waals surface area contributed by atoms with Gasteiger partial charge >= 0.3 is 20.8 Å². The summed E-state index contributed by atoms with van der Waals surface area (Å²) in [6.45, 7) is -1.29. The molecule has 0 rings (SSSR count). The Morgan fingerprint density at radius 2 is 1.50 bits per heavy atom. The van der Waals surface area contributed by atoms with E-state index in [1.807, 2.05) is 0 Å². The summed E-state index contributed by atoms with van der Waals surface area (Å²) in [6.07, 6.45) is -8.66. The maximum atomic E-state index is 10.8. The Morgan fingerprint density at radius 3 is 1.90 bits per heavy atom. The van der Waals surface area contributed by atoms with Crippen LogP contribution in [0.25, 0.3) is 0 Å². The summed E-state index contributed by atoms with van der Waals surface area (Å²) in [7, 11) is -10.6. The SMILES string of the molecule is O=C[C@H](O)[C@@H](O)[C@H](O)[C@H](O)COS(=O)(=O)OS(=O)(=O)O. The zero-order valence-electron chi connectivity index (χ0n) is 9.50. The van der Waals surface area contributed by atoms with E-state index >= 15 is 0 Å². The second kappa shape index (κ2) is 7.34. The second-order valence-electron chi connectivity index (χ2n) is 3.36. The van der Waals surface area contributed by atoms with Gasteiger partial charge in [-0.3, -0.25) is 4.55 Å². The fraction of sp³-hybridized carbons (Fsp3) is 0.833. The lowest BCUT2D eigenvalue weighted by Gasteiger charge is -2.23. The summed E-state index contributed by atoms with van der Waals surface area (Å²) in [5, 5.41) is 36.4. The minimum absolute atomic E-state index is 0.153. The Morgan fingerprint density at radius 1 is 1.00 bits per heavy atom. The first kappa shape index (κ1) is 19.3. The summed E-state index contributed by atoms with van der Waals surface area (Å²) in [5.41, 5.74) is 0. The van der Waals surface area contributed by atoms with Gasteiger partial charge in [-0.2, -0.15) is 16.8 Å². The molecular weight excluding hydrogens is 328 g/mol. The lowest BCUT2D eigenvalue weighted by molar-refractivity contribution is -0.135. The molecule has 0 amide bonds. The summed E-state index contributed by atoms with van der Waals surface area (Å²) in [4.78, 5) is 10.1. The van der Waals surface area contributed by atoms with Crippen LogP contribution in [0.1, 0.15) is 0 Å². The van der Waals surface area contributed by atoms with Crippen molar-refractivity contribution in [1.29, 1.82) is 0 Å². The van der Waals surface area contributed by atoms with E-state index in [0.29, 0.717) is 0 Å². The van der Waals surface area contributed by atoms with Crippen molar-refractivity contribution in [2.24, 2.45) is 0 Å². The largest absolute Gasteiger partial charge is 0.416 e. The van der Waals surface area contributed by atoms with Crippen LogP contribution in [0.3, 0.4) is 0 Å². The fourth-order valence-corrected chi connectivity index (χ4v) is 2.19. The first-order valence-electron chi connectivity index (χ1n) is 4.65. The number of rotatable bonds is 9. The average Bonchev–Trinajstić information content (AvgIpc) is 2.30. The molecule has 12 nitrogen and oxygen atoms in total. The van der Waals surface area contributed by atoms with Crippen molar-refractivity contribution in [3.05, 3.63) is 0 Å². The molecule has 0 radical (unpaired) electrons. The van der Waals surface area contributed by atoms with Crippen LogP contribution in [0.4, 0.5) is 0 Å². The Bertz CT molecular complexity index is 508. The van der Waals surface area contributed by atoms with E-state index in [1.165, 1.54) is 0 Å². The molecule has 0 aliphatic rings. The lowest BCUT2D eigenvalue weighted by Crippen LogP contribution is -2.47. The number of aliphatic hydroxyl groups excluding tert-OH is 4. The van der Waals surface area contributed by atoms with Gasteiger partial charge in [0.05, 0.1) is 6.61 Å². The molecule has 0 saturated heterocycles. The van der Waals surface area contributed by atoms with E-state index in [4.69, 9.17) is 14.8 Å². The average molecular weight is 340 g/mol. The highest BCUT2D eigenvalue weighted by Crippen LogP contribution is 2.08. The smallest absolute Gasteiger partial charge is 0.388 e. The molecule has 14 heteroatoms. The summed E-state index contributed by atoms with van der Waals surface area (Å²) >= 11 is 0. The molecule has 0 aromatic carbocycles. The first-order valence-corrected chi connectivity index (χ1v) is 7.35. The standard InChI is InChI=1S/C6H12O12S2/c7-1-3(8)5(10)6(11)4(9)2-17-20(15,16)18-19(12,13)14/h1,3-6,8-11H,2H2,(H,12,13,14)/t3-,4+,5+,6+/m0/s1. The van der Waals surface area contributed by atoms with Gasteiger partial charge in [0.25, 0.3) is 0 Å². The van der Waals surface area contributed by atoms with Crippen molar-refractivity contribution in [2.45, 2.75) is 24.4 Å². The van der Waals surface area contributed by atoms with Crippen LogP contribution in [0, 0.1) is 0 Å². The molecular formula is C6H12O12S2. The molecule has 0 heterocycles. The molecule has 0 saturated carbocycles. The van der Waals surface area contributed by atoms with E-state index < -0.39 is 51.8 Å². The molecule has 20 heavy (non-hydrogen) atoms. The predicted molar refractivity (Wildman–Crippen MR) is 57.6 cm³/mol. The van der Waals surface area contributed by atoms with Crippen LogP contribution in [0.5, 0.6) is 0 Å². The third-order valence-corrected chi connectivity index (χ3v) is 3.57. The monoisotopic (exact) mass is 340 g/mol. The highest BCUT2D eigenvalue weighted by Gasteiger charge is 2.32. The number of carbonyl (C=O) groups excluding carboxylic acids is 1. The Balaban J connectivity index is 4.56. The van der Waals surface area contributed by atoms with Crippen LogP contribution in [-0.2, 0) is 33.4 Å². The van der Waals surface area contributed by atoms with Crippen LogP contribution in [0.2, 0.25) is 0 Å². The normalized spacial score (nSPS) is 19.1. The van der Waals surface area contributed by atoms with Crippen LogP contribution in [-0.4, -0.2) is 79.1 Å². The minimum atomic E-state index is -5.38. The Hall–Kier alpha value is -0.710. The molecule has 120 valence electrons. The van der Waals surface area contributed by atoms with E-state index in [0.717, 1.165) is 0 Å². The van der Waals surface area contributed by atoms with Crippen molar-refractivity contribution in [1.82, 2.24) is 0 Å². The molecule has 0 aromatic rings. The molecule has 0 unspecified atom stereocenters. The third-order valence-electron chi connectivity index (χ3n) is 1.79. The first-order chi connectivity index (χ1) is 8.89. The van der Waals surface area contributed by atoms with Gasteiger partial charge in [0.2, 0.25) is 0 Å². The third kappa shape index (κ3) is 7.17. The van der Waals surface area contributed by atoms with E-state index in [2.05, 4.69) is 7.81 Å². The second-order valence-corrected chi connectivity index (χ2v) is 5.82. The van der Waals surface area contributed by atoms with Gasteiger partial charge in [-0.1, -0.05) is 0 Å². The quantitative estimate of drug-likeness (QED) is 0.200. The molecule has 0 aliphatic carbocycles. The van der Waals surface area contributed by atoms with Gasteiger partial charge in [-0.25, -0.2) is 4.18 Å². The molecule has 0 aliphatic heterocycles. The van der Waals surface area contributed by atoms with Gasteiger partial charge < -0.3 is 25.2 Å². The topological polar surface area (TPSA) is 205 Å². The van der Waals surface area contributed by atoms with Crippen molar-refractivity contribution < 1.29 is 54.4 Å².